The van der Waals surface area contributed by atoms with Crippen molar-refractivity contribution in [3.63, 3.8) is 0 Å². The van der Waals surface area contributed by atoms with Crippen molar-refractivity contribution in [1.82, 2.24) is 10.2 Å². The Morgan fingerprint density at radius 3 is 3.42 bits per heavy atom. The predicted octanol–water partition coefficient (Wildman–Crippen LogP) is 0.978. The smallest absolute Gasteiger partial charge is 0.176 e. The maximum absolute atomic E-state index is 8.54. The molecule has 62 valence electrons. The zero-order chi connectivity index (χ0) is 8.81. The summed E-state index contributed by atoms with van der Waals surface area (Å²) in [5.41, 5.74) is 0.408. The monoisotopic (exact) mass is 164 g/mol. The molecule has 1 rings (SSSR count). The Hall–Kier alpha value is -1.83. The Morgan fingerprint density at radius 2 is 2.75 bits per heavy atom. The summed E-state index contributed by atoms with van der Waals surface area (Å²) in [6.45, 7) is 2.41. The summed E-state index contributed by atoms with van der Waals surface area (Å²) in [6, 6.07) is 1.94. The number of H-pyrrole nitrogens is 1. The highest BCUT2D eigenvalue weighted by Crippen LogP contribution is 2.11. The van der Waals surface area contributed by atoms with Crippen molar-refractivity contribution in [3.8, 4) is 6.07 Å². The molecule has 1 heterocycles. The largest absolute Gasteiger partial charge is 0.483 e. The van der Waals surface area contributed by atoms with Gasteiger partial charge in [0.05, 0.1) is 12.8 Å². The molecule has 0 saturated heterocycles. The second kappa shape index (κ2) is 4.13. The Morgan fingerprint density at radius 1 is 1.92 bits per heavy atom. The fraction of sp³-hybridized carbons (Fsp3) is 0.286. The molecule has 1 N–H and O–H groups in total. The van der Waals surface area contributed by atoms with E-state index in [9.17, 15) is 0 Å². The summed E-state index contributed by atoms with van der Waals surface area (Å²) in [5, 5.41) is 14.8. The number of ether oxygens (including phenoxy) is 1. The first kappa shape index (κ1) is 8.27. The molecule has 0 bridgehead atoms. The van der Waals surface area contributed by atoms with Gasteiger partial charge in [0.1, 0.15) is 11.6 Å². The van der Waals surface area contributed by atoms with Crippen LogP contribution in [-0.4, -0.2) is 23.2 Å². The van der Waals surface area contributed by atoms with Crippen LogP contribution in [0.1, 0.15) is 12.5 Å². The predicted molar refractivity (Wildman–Crippen MR) is 43.1 cm³/mol. The molecule has 0 aliphatic heterocycles. The molecule has 0 unspecified atom stereocenters. The maximum atomic E-state index is 8.54. The Kier molecular flexibility index (Phi) is 2.85. The Bertz CT molecular complexity index is 309. The van der Waals surface area contributed by atoms with Gasteiger partial charge in [0.2, 0.25) is 0 Å². The number of rotatable bonds is 3. The summed E-state index contributed by atoms with van der Waals surface area (Å²) in [7, 11) is 0. The standard InChI is InChI=1S/C7H8N4O/c1-2-12-5-9-7-6(3-8)4-10-11-7/h4-5H,2H2,1H3,(H,10,11)/b9-5-. The van der Waals surface area contributed by atoms with Gasteiger partial charge in [0.15, 0.2) is 12.2 Å². The third-order valence-electron chi connectivity index (χ3n) is 1.16. The number of hydrogen-bond donors (Lipinski definition) is 1. The molecule has 0 aliphatic rings. The van der Waals surface area contributed by atoms with Crippen LogP contribution in [0.5, 0.6) is 0 Å². The third-order valence-corrected chi connectivity index (χ3v) is 1.16. The van der Waals surface area contributed by atoms with Crippen LogP contribution in [0.2, 0.25) is 0 Å². The molecule has 0 aromatic carbocycles. The molecule has 5 nitrogen and oxygen atoms in total. The summed E-state index contributed by atoms with van der Waals surface area (Å²) in [4.78, 5) is 3.84. The number of nitriles is 1. The van der Waals surface area contributed by atoms with Crippen LogP contribution < -0.4 is 0 Å². The van der Waals surface area contributed by atoms with Gasteiger partial charge in [-0.25, -0.2) is 4.99 Å². The van der Waals surface area contributed by atoms with Gasteiger partial charge in [0, 0.05) is 0 Å². The molecule has 0 radical (unpaired) electrons. The van der Waals surface area contributed by atoms with Gasteiger partial charge in [-0.05, 0) is 6.92 Å². The van der Waals surface area contributed by atoms with Crippen LogP contribution in [0, 0.1) is 11.3 Å². The van der Waals surface area contributed by atoms with Crippen molar-refractivity contribution in [3.05, 3.63) is 11.8 Å². The van der Waals surface area contributed by atoms with Crippen molar-refractivity contribution in [2.75, 3.05) is 6.61 Å². The van der Waals surface area contributed by atoms with Crippen LogP contribution in [0.3, 0.4) is 0 Å². The van der Waals surface area contributed by atoms with Gasteiger partial charge in [-0.1, -0.05) is 0 Å². The summed E-state index contributed by atoms with van der Waals surface area (Å²) >= 11 is 0. The lowest BCUT2D eigenvalue weighted by atomic mass is 10.4. The quantitative estimate of drug-likeness (QED) is 0.534. The van der Waals surface area contributed by atoms with E-state index in [2.05, 4.69) is 15.2 Å². The average Bonchev–Trinajstić information content (AvgIpc) is 2.52. The van der Waals surface area contributed by atoms with Crippen LogP contribution in [0.4, 0.5) is 5.82 Å². The summed E-state index contributed by atoms with van der Waals surface area (Å²) in [6.07, 6.45) is 2.70. The molecule has 0 aliphatic carbocycles. The number of aliphatic imine (C=N–C) groups is 1. The highest BCUT2D eigenvalue weighted by Gasteiger charge is 1.99. The molecule has 0 fully saturated rings. The lowest BCUT2D eigenvalue weighted by Gasteiger charge is -1.90. The number of nitrogens with zero attached hydrogens (tertiary/aromatic N) is 3. The fourth-order valence-electron chi connectivity index (χ4n) is 0.624. The number of nitrogens with one attached hydrogen (secondary N) is 1. The Balaban J connectivity index is 2.69. The minimum Gasteiger partial charge on any atom is -0.483 e. The maximum Gasteiger partial charge on any atom is 0.176 e. The van der Waals surface area contributed by atoms with Crippen LogP contribution in [-0.2, 0) is 4.74 Å². The van der Waals surface area contributed by atoms with E-state index in [4.69, 9.17) is 10.00 Å². The molecule has 0 spiro atoms. The number of aromatic amines is 1. The molecule has 12 heavy (non-hydrogen) atoms. The zero-order valence-electron chi connectivity index (χ0n) is 6.61. The van der Waals surface area contributed by atoms with Crippen molar-refractivity contribution in [2.45, 2.75) is 6.92 Å². The molecule has 1 aromatic heterocycles. The van der Waals surface area contributed by atoms with Crippen molar-refractivity contribution < 1.29 is 4.74 Å². The third kappa shape index (κ3) is 1.83. The van der Waals surface area contributed by atoms with Gasteiger partial charge in [0.25, 0.3) is 0 Å². The van der Waals surface area contributed by atoms with Crippen molar-refractivity contribution >= 4 is 12.2 Å². The second-order valence-corrected chi connectivity index (χ2v) is 1.93. The van der Waals surface area contributed by atoms with Gasteiger partial charge in [-0.15, -0.1) is 0 Å². The molecule has 0 saturated carbocycles. The van der Waals surface area contributed by atoms with E-state index in [0.717, 1.165) is 0 Å². The number of aromatic nitrogens is 2. The average molecular weight is 164 g/mol. The fourth-order valence-corrected chi connectivity index (χ4v) is 0.624. The van der Waals surface area contributed by atoms with Gasteiger partial charge < -0.3 is 4.74 Å². The van der Waals surface area contributed by atoms with Crippen LogP contribution >= 0.6 is 0 Å². The van der Waals surface area contributed by atoms with E-state index in [-0.39, 0.29) is 0 Å². The first-order valence-corrected chi connectivity index (χ1v) is 3.46. The topological polar surface area (TPSA) is 74.1 Å². The van der Waals surface area contributed by atoms with E-state index >= 15 is 0 Å². The van der Waals surface area contributed by atoms with Gasteiger partial charge in [-0.3, -0.25) is 5.10 Å². The number of hydrogen-bond acceptors (Lipinski definition) is 4. The molecule has 5 heteroatoms. The molecular formula is C7H8N4O. The zero-order valence-corrected chi connectivity index (χ0v) is 6.61. The van der Waals surface area contributed by atoms with E-state index < -0.39 is 0 Å². The molecular weight excluding hydrogens is 156 g/mol. The molecule has 1 aromatic rings. The van der Waals surface area contributed by atoms with E-state index in [1.807, 2.05) is 13.0 Å². The van der Waals surface area contributed by atoms with Crippen LogP contribution in [0.15, 0.2) is 11.2 Å². The first-order chi connectivity index (χ1) is 5.88. The highest BCUT2D eigenvalue weighted by atomic mass is 16.5. The lowest BCUT2D eigenvalue weighted by molar-refractivity contribution is 0.344. The second-order valence-electron chi connectivity index (χ2n) is 1.93. The van der Waals surface area contributed by atoms with Crippen molar-refractivity contribution in [2.24, 2.45) is 4.99 Å². The SMILES string of the molecule is CCO/C=N\c1[nH]ncc1C#N. The van der Waals surface area contributed by atoms with Crippen molar-refractivity contribution in [1.29, 1.82) is 5.26 Å². The van der Waals surface area contributed by atoms with Gasteiger partial charge in [-0.2, -0.15) is 10.4 Å². The minimum absolute atomic E-state index is 0.408. The van der Waals surface area contributed by atoms with E-state index in [0.29, 0.717) is 18.0 Å². The molecule has 0 atom stereocenters. The summed E-state index contributed by atoms with van der Waals surface area (Å²) < 4.78 is 4.86. The molecule has 0 amide bonds. The van der Waals surface area contributed by atoms with E-state index in [1.165, 1.54) is 12.6 Å². The highest BCUT2D eigenvalue weighted by molar-refractivity contribution is 5.57. The summed E-state index contributed by atoms with van der Waals surface area (Å²) in [5.74, 6) is 0.422. The van der Waals surface area contributed by atoms with E-state index in [1.54, 1.807) is 0 Å². The van der Waals surface area contributed by atoms with Crippen LogP contribution in [0.25, 0.3) is 0 Å². The first-order valence-electron chi connectivity index (χ1n) is 3.46. The minimum atomic E-state index is 0.408. The lowest BCUT2D eigenvalue weighted by Crippen LogP contribution is -1.84. The normalized spacial score (nSPS) is 10.0. The Labute approximate surface area is 69.7 Å². The van der Waals surface area contributed by atoms with Gasteiger partial charge >= 0.3 is 0 Å².